The quantitative estimate of drug-likeness (QED) is 0.573. The summed E-state index contributed by atoms with van der Waals surface area (Å²) in [5.74, 6) is 0. The lowest BCUT2D eigenvalue weighted by Crippen LogP contribution is -1.80. The summed E-state index contributed by atoms with van der Waals surface area (Å²) in [6.45, 7) is 0.675. The van der Waals surface area contributed by atoms with Gasteiger partial charge < -0.3 is 0 Å². The maximum atomic E-state index is 2.72. The first-order valence-corrected chi connectivity index (χ1v) is 14.8. The Labute approximate surface area is 60.6 Å². The maximum absolute atomic E-state index is 2.72. The van der Waals surface area contributed by atoms with E-state index in [2.05, 4.69) is 4.21 Å². The van der Waals surface area contributed by atoms with Crippen molar-refractivity contribution in [3.63, 3.8) is 0 Å². The van der Waals surface area contributed by atoms with Crippen molar-refractivity contribution in [2.24, 2.45) is 0 Å². The third kappa shape index (κ3) is 1.76. The fourth-order valence-corrected chi connectivity index (χ4v) is 51.5. The molecule has 3 rings (SSSR count). The van der Waals surface area contributed by atoms with E-state index < -0.39 is 0 Å². The van der Waals surface area contributed by atoms with Gasteiger partial charge in [-0.15, -0.1) is 0 Å². The number of fused-ring (bicyclic) bond motifs is 3. The minimum atomic E-state index is 0.675. The Kier molecular flexibility index (Phi) is 3.41. The molecule has 6 unspecified atom stereocenters. The number of rotatable bonds is 0. The number of nitrogens with zero attached hydrogens (tertiary/aromatic N) is 1. The van der Waals surface area contributed by atoms with E-state index in [9.17, 15) is 0 Å². The first kappa shape index (κ1) is 7.61. The second-order valence-corrected chi connectivity index (χ2v) is 24.1. The van der Waals surface area contributed by atoms with Crippen LogP contribution in [-0.4, -0.2) is 4.21 Å². The summed E-state index contributed by atoms with van der Waals surface area (Å²) in [6, 6.07) is 0. The van der Waals surface area contributed by atoms with E-state index in [1.807, 2.05) is 0 Å². The Balaban J connectivity index is 2.03. The van der Waals surface area contributed by atoms with Crippen LogP contribution in [0, 0.1) is 0 Å². The molecular formula is H6NP7. The standard InChI is InChI=1S/H6NP7/c2-1-3-6-8(5-2)7-4-1/h2-7H. The molecule has 0 aromatic heterocycles. The van der Waals surface area contributed by atoms with E-state index in [1.54, 1.807) is 0 Å². The molecule has 0 saturated carbocycles. The fourth-order valence-electron chi connectivity index (χ4n) is 0.468. The monoisotopic (exact) mass is 237 g/mol. The smallest absolute Gasteiger partial charge is 0.0149 e. The molecule has 0 aliphatic carbocycles. The zero-order chi connectivity index (χ0) is 5.40. The van der Waals surface area contributed by atoms with Crippen LogP contribution in [0.15, 0.2) is 0 Å². The molecular weight excluding hydrogens is 231 g/mol. The Bertz CT molecular complexity index is 59.4. The molecule has 0 spiro atoms. The van der Waals surface area contributed by atoms with Crippen molar-refractivity contribution in [3.05, 3.63) is 0 Å². The van der Waals surface area contributed by atoms with Crippen LogP contribution in [0.3, 0.4) is 0 Å². The van der Waals surface area contributed by atoms with Gasteiger partial charge in [0.05, 0.1) is 0 Å². The average molecular weight is 237 g/mol. The molecule has 3 heterocycles. The summed E-state index contributed by atoms with van der Waals surface area (Å²) in [7, 11) is 8.01. The van der Waals surface area contributed by atoms with Gasteiger partial charge in [0.2, 0.25) is 0 Å². The van der Waals surface area contributed by atoms with Crippen LogP contribution >= 0.6 is 56.1 Å². The van der Waals surface area contributed by atoms with Gasteiger partial charge in [0.15, 0.2) is 0 Å². The summed E-state index contributed by atoms with van der Waals surface area (Å²) >= 11 is 0. The summed E-state index contributed by atoms with van der Waals surface area (Å²) in [5, 5.41) is 0. The molecule has 0 N–H and O–H groups in total. The van der Waals surface area contributed by atoms with Gasteiger partial charge in [-0.05, 0) is 56.1 Å². The van der Waals surface area contributed by atoms with Crippen LogP contribution in [-0.2, 0) is 0 Å². The molecule has 0 aromatic rings. The van der Waals surface area contributed by atoms with Crippen LogP contribution in [0.1, 0.15) is 0 Å². The summed E-state index contributed by atoms with van der Waals surface area (Å²) in [5.41, 5.74) is 0. The first-order valence-electron chi connectivity index (χ1n) is 2.09. The molecule has 0 radical (unpaired) electrons. The van der Waals surface area contributed by atoms with Crippen LogP contribution in [0.2, 0.25) is 0 Å². The topological polar surface area (TPSA) is 3.24 Å². The predicted molar refractivity (Wildman–Crippen MR) is 58.6 cm³/mol. The number of hydrogen-bond acceptors (Lipinski definition) is 1. The second-order valence-electron chi connectivity index (χ2n) is 1.34. The fraction of sp³-hybridized carbons (Fsp3) is 0. The maximum Gasteiger partial charge on any atom is -0.0149 e. The molecule has 8 heteroatoms. The molecule has 1 nitrogen and oxygen atoms in total. The van der Waals surface area contributed by atoms with Gasteiger partial charge in [-0.3, -0.25) is 0 Å². The van der Waals surface area contributed by atoms with E-state index in [0.717, 1.165) is 0 Å². The van der Waals surface area contributed by atoms with E-state index in [0.29, 0.717) is 6.99 Å². The van der Waals surface area contributed by atoms with Gasteiger partial charge in [0.25, 0.3) is 0 Å². The highest BCUT2D eigenvalue weighted by molar-refractivity contribution is 8.99. The van der Waals surface area contributed by atoms with Gasteiger partial charge >= 0.3 is 0 Å². The molecule has 3 saturated heterocycles. The van der Waals surface area contributed by atoms with Gasteiger partial charge in [0, 0.05) is 0 Å². The Morgan fingerprint density at radius 3 is 1.50 bits per heavy atom. The highest BCUT2D eigenvalue weighted by Gasteiger charge is 2.24. The largest absolute Gasteiger partial charge is 0.235 e. The number of hydrogen-bond donors (Lipinski definition) is 0. The first-order chi connectivity index (χ1) is 3.95. The summed E-state index contributed by atoms with van der Waals surface area (Å²) < 4.78 is 2.72. The summed E-state index contributed by atoms with van der Waals surface area (Å²) in [6.07, 6.45) is 0. The zero-order valence-corrected chi connectivity index (χ0v) is 10.8. The SMILES string of the molecule is P1PP2PPN1PP2. The van der Waals surface area contributed by atoms with Gasteiger partial charge in [-0.1, -0.05) is 0 Å². The van der Waals surface area contributed by atoms with Crippen molar-refractivity contribution in [2.75, 3.05) is 0 Å². The highest BCUT2D eigenvalue weighted by Crippen LogP contribution is 3.03. The normalized spacial score (nSPS) is 63.0. The van der Waals surface area contributed by atoms with Gasteiger partial charge in [-0.2, -0.15) is 0 Å². The van der Waals surface area contributed by atoms with Gasteiger partial charge in [0.1, 0.15) is 0 Å². The molecule has 0 amide bonds. The van der Waals surface area contributed by atoms with E-state index in [4.69, 9.17) is 0 Å². The lowest BCUT2D eigenvalue weighted by Gasteiger charge is -2.37. The third-order valence-electron chi connectivity index (χ3n) is 0.821. The van der Waals surface area contributed by atoms with E-state index in [1.165, 1.54) is 49.1 Å². The minimum Gasteiger partial charge on any atom is -0.235 e. The third-order valence-corrected chi connectivity index (χ3v) is 40.3. The lowest BCUT2D eigenvalue weighted by molar-refractivity contribution is 1.29. The lowest BCUT2D eigenvalue weighted by atomic mass is 13.8. The molecule has 0 aromatic carbocycles. The average Bonchev–Trinajstić information content (AvgIpc) is 1.92. The van der Waals surface area contributed by atoms with Crippen molar-refractivity contribution in [2.45, 2.75) is 0 Å². The van der Waals surface area contributed by atoms with Gasteiger partial charge in [-0.25, -0.2) is 4.21 Å². The summed E-state index contributed by atoms with van der Waals surface area (Å²) in [4.78, 5) is 0. The van der Waals surface area contributed by atoms with Crippen molar-refractivity contribution in [1.29, 1.82) is 0 Å². The highest BCUT2D eigenvalue weighted by atomic mass is 33.0. The molecule has 3 aliphatic rings. The van der Waals surface area contributed by atoms with E-state index >= 15 is 0 Å². The van der Waals surface area contributed by atoms with Crippen LogP contribution in [0.25, 0.3) is 0 Å². The van der Waals surface area contributed by atoms with Crippen LogP contribution < -0.4 is 0 Å². The van der Waals surface area contributed by atoms with Crippen molar-refractivity contribution < 1.29 is 0 Å². The van der Waals surface area contributed by atoms with Crippen molar-refractivity contribution in [3.8, 4) is 0 Å². The van der Waals surface area contributed by atoms with Crippen molar-refractivity contribution in [1.82, 2.24) is 4.21 Å². The molecule has 3 aliphatic heterocycles. The molecule has 8 heavy (non-hydrogen) atoms. The Morgan fingerprint density at radius 1 is 0.875 bits per heavy atom. The molecule has 2 bridgehead atoms. The molecule has 3 fully saturated rings. The zero-order valence-electron chi connectivity index (χ0n) is 3.89. The molecule has 46 valence electrons. The van der Waals surface area contributed by atoms with Crippen LogP contribution in [0.4, 0.5) is 0 Å². The van der Waals surface area contributed by atoms with Crippen molar-refractivity contribution >= 4 is 56.1 Å². The predicted octanol–water partition coefficient (Wildman–Crippen LogP) is 4.10. The Morgan fingerprint density at radius 2 is 1.38 bits per heavy atom. The van der Waals surface area contributed by atoms with Crippen LogP contribution in [0.5, 0.6) is 0 Å². The molecule has 6 atom stereocenters. The Hall–Kier alpha value is 2.97. The second kappa shape index (κ2) is 3.58. The minimum absolute atomic E-state index is 0.675. The van der Waals surface area contributed by atoms with E-state index in [-0.39, 0.29) is 0 Å².